The van der Waals surface area contributed by atoms with Crippen LogP contribution < -0.4 is 9.47 Å². The summed E-state index contributed by atoms with van der Waals surface area (Å²) < 4.78 is 12.3. The Morgan fingerprint density at radius 2 is 1.29 bits per heavy atom. The van der Waals surface area contributed by atoms with Crippen LogP contribution in [-0.4, -0.2) is 23.4 Å². The summed E-state index contributed by atoms with van der Waals surface area (Å²) in [6.45, 7) is 25.2. The van der Waals surface area contributed by atoms with Crippen LogP contribution in [0, 0.1) is 5.41 Å². The van der Waals surface area contributed by atoms with E-state index in [1.165, 1.54) is 11.1 Å². The Hall–Kier alpha value is -2.52. The van der Waals surface area contributed by atoms with Crippen LogP contribution in [0.25, 0.3) is 0 Å². The number of rotatable bonds is 11. The van der Waals surface area contributed by atoms with Crippen molar-refractivity contribution in [2.45, 2.75) is 91.8 Å². The summed E-state index contributed by atoms with van der Waals surface area (Å²) in [5.41, 5.74) is 4.20. The molecule has 0 aliphatic heterocycles. The molecule has 0 saturated heterocycles. The van der Waals surface area contributed by atoms with E-state index >= 15 is 0 Å². The molecule has 0 spiro atoms. The van der Waals surface area contributed by atoms with Gasteiger partial charge in [-0.05, 0) is 79.8 Å². The summed E-state index contributed by atoms with van der Waals surface area (Å²) >= 11 is 0. The molecule has 0 fully saturated rings. The van der Waals surface area contributed by atoms with E-state index in [-0.39, 0.29) is 23.0 Å². The number of benzene rings is 2. The van der Waals surface area contributed by atoms with Crippen molar-refractivity contribution in [1.82, 2.24) is 0 Å². The number of hydrogen-bond acceptors (Lipinski definition) is 3. The SMILES string of the molecule is C=CCc1cc(C(C)(C)c2ccc(OC(C)(C)C)c(CC=C)c2)ccc1OCC(O)CC(C)(C)C. The fourth-order valence-corrected chi connectivity index (χ4v) is 4.26. The first kappa shape index (κ1) is 28.7. The second-order valence-corrected chi connectivity index (χ2v) is 12.2. The summed E-state index contributed by atoms with van der Waals surface area (Å²) in [6, 6.07) is 12.9. The molecule has 0 heterocycles. The summed E-state index contributed by atoms with van der Waals surface area (Å²) in [5.74, 6) is 1.71. The van der Waals surface area contributed by atoms with Gasteiger partial charge in [0, 0.05) is 5.41 Å². The molecule has 0 radical (unpaired) electrons. The van der Waals surface area contributed by atoms with Gasteiger partial charge in [-0.15, -0.1) is 13.2 Å². The topological polar surface area (TPSA) is 38.7 Å². The average Bonchev–Trinajstić information content (AvgIpc) is 2.72. The minimum Gasteiger partial charge on any atom is -0.491 e. The summed E-state index contributed by atoms with van der Waals surface area (Å²) in [5, 5.41) is 10.4. The zero-order valence-electron chi connectivity index (χ0n) is 23.2. The minimum atomic E-state index is -0.500. The van der Waals surface area contributed by atoms with Crippen molar-refractivity contribution in [3.05, 3.63) is 84.0 Å². The quantitative estimate of drug-likeness (QED) is 0.335. The second kappa shape index (κ2) is 11.5. The molecular weight excluding hydrogens is 432 g/mol. The predicted octanol–water partition coefficient (Wildman–Crippen LogP) is 7.82. The van der Waals surface area contributed by atoms with Crippen LogP contribution in [-0.2, 0) is 18.3 Å². The highest BCUT2D eigenvalue weighted by molar-refractivity contribution is 5.48. The molecule has 1 N–H and O–H groups in total. The maximum absolute atomic E-state index is 10.4. The lowest BCUT2D eigenvalue weighted by Gasteiger charge is -2.29. The zero-order chi connectivity index (χ0) is 26.4. The molecule has 3 heteroatoms. The second-order valence-electron chi connectivity index (χ2n) is 12.2. The van der Waals surface area contributed by atoms with Gasteiger partial charge < -0.3 is 14.6 Å². The highest BCUT2D eigenvalue weighted by Crippen LogP contribution is 2.37. The van der Waals surface area contributed by atoms with E-state index in [4.69, 9.17) is 9.47 Å². The fraction of sp³-hybridized carbons (Fsp3) is 0.500. The van der Waals surface area contributed by atoms with E-state index in [0.717, 1.165) is 29.0 Å². The molecule has 2 aromatic carbocycles. The van der Waals surface area contributed by atoms with Crippen molar-refractivity contribution in [3.8, 4) is 11.5 Å². The summed E-state index contributed by atoms with van der Waals surface area (Å²) in [7, 11) is 0. The molecule has 0 amide bonds. The van der Waals surface area contributed by atoms with Gasteiger partial charge in [0.15, 0.2) is 0 Å². The monoisotopic (exact) mass is 478 g/mol. The van der Waals surface area contributed by atoms with Crippen molar-refractivity contribution in [1.29, 1.82) is 0 Å². The number of hydrogen-bond donors (Lipinski definition) is 1. The Labute approximate surface area is 213 Å². The maximum atomic E-state index is 10.4. The van der Waals surface area contributed by atoms with Crippen LogP contribution in [0.15, 0.2) is 61.7 Å². The summed E-state index contributed by atoms with van der Waals surface area (Å²) in [4.78, 5) is 0. The molecule has 0 aliphatic carbocycles. The number of ether oxygens (including phenoxy) is 2. The Morgan fingerprint density at radius 1 is 0.800 bits per heavy atom. The van der Waals surface area contributed by atoms with Crippen molar-refractivity contribution in [2.24, 2.45) is 5.41 Å². The summed E-state index contributed by atoms with van der Waals surface area (Å²) in [6.07, 6.45) is 5.46. The van der Waals surface area contributed by atoms with Crippen LogP contribution >= 0.6 is 0 Å². The Morgan fingerprint density at radius 3 is 1.74 bits per heavy atom. The van der Waals surface area contributed by atoms with Crippen LogP contribution in [0.1, 0.15) is 84.1 Å². The van der Waals surface area contributed by atoms with Crippen molar-refractivity contribution >= 4 is 0 Å². The molecule has 1 unspecified atom stereocenters. The normalized spacial score (nSPS) is 13.3. The van der Waals surface area contributed by atoms with Gasteiger partial charge in [-0.1, -0.05) is 71.0 Å². The molecule has 35 heavy (non-hydrogen) atoms. The molecule has 0 aliphatic rings. The first-order valence-electron chi connectivity index (χ1n) is 12.6. The molecule has 3 nitrogen and oxygen atoms in total. The molecule has 0 saturated carbocycles. The van der Waals surface area contributed by atoms with Crippen molar-refractivity contribution in [2.75, 3.05) is 6.61 Å². The molecule has 192 valence electrons. The van der Waals surface area contributed by atoms with Gasteiger partial charge in [-0.2, -0.15) is 0 Å². The molecule has 0 bridgehead atoms. The van der Waals surface area contributed by atoms with E-state index < -0.39 is 6.10 Å². The molecule has 2 aromatic rings. The number of allylic oxidation sites excluding steroid dienone is 2. The minimum absolute atomic E-state index is 0.0541. The third-order valence-corrected chi connectivity index (χ3v) is 5.99. The molecule has 2 rings (SSSR count). The van der Waals surface area contributed by atoms with E-state index in [0.29, 0.717) is 12.8 Å². The first-order chi connectivity index (χ1) is 16.2. The smallest absolute Gasteiger partial charge is 0.123 e. The van der Waals surface area contributed by atoms with Gasteiger partial charge in [0.25, 0.3) is 0 Å². The standard InChI is InChI=1S/C32H46O3/c1-11-13-23-19-25(15-17-28(23)34-22-27(33)21-30(3,4)5)32(9,10)26-16-18-29(35-31(6,7)8)24(20-26)14-12-2/h11-12,15-20,27,33H,1-2,13-14,21-22H2,3-10H3. The Kier molecular flexibility index (Phi) is 9.42. The molecule has 0 aromatic heterocycles. The van der Waals surface area contributed by atoms with Gasteiger partial charge in [-0.3, -0.25) is 0 Å². The first-order valence-corrected chi connectivity index (χ1v) is 12.6. The van der Waals surface area contributed by atoms with Gasteiger partial charge in [-0.25, -0.2) is 0 Å². The highest BCUT2D eigenvalue weighted by Gasteiger charge is 2.26. The van der Waals surface area contributed by atoms with E-state index in [1.54, 1.807) is 0 Å². The van der Waals surface area contributed by atoms with Gasteiger partial charge in [0.1, 0.15) is 23.7 Å². The van der Waals surface area contributed by atoms with Gasteiger partial charge >= 0.3 is 0 Å². The lowest BCUT2D eigenvalue weighted by atomic mass is 9.76. The highest BCUT2D eigenvalue weighted by atomic mass is 16.5. The van der Waals surface area contributed by atoms with E-state index in [1.807, 2.05) is 18.2 Å². The van der Waals surface area contributed by atoms with Crippen LogP contribution in [0.5, 0.6) is 11.5 Å². The number of aliphatic hydroxyl groups is 1. The maximum Gasteiger partial charge on any atom is 0.123 e. The van der Waals surface area contributed by atoms with Crippen LogP contribution in [0.3, 0.4) is 0 Å². The Balaban J connectivity index is 2.36. The van der Waals surface area contributed by atoms with Crippen molar-refractivity contribution < 1.29 is 14.6 Å². The van der Waals surface area contributed by atoms with Crippen LogP contribution in [0.2, 0.25) is 0 Å². The predicted molar refractivity (Wildman–Crippen MR) is 149 cm³/mol. The number of aliphatic hydroxyl groups excluding tert-OH is 1. The third kappa shape index (κ3) is 8.58. The Bertz CT molecular complexity index is 1000. The van der Waals surface area contributed by atoms with Crippen LogP contribution in [0.4, 0.5) is 0 Å². The third-order valence-electron chi connectivity index (χ3n) is 5.99. The van der Waals surface area contributed by atoms with E-state index in [2.05, 4.69) is 98.9 Å². The molecule has 1 atom stereocenters. The average molecular weight is 479 g/mol. The lowest BCUT2D eigenvalue weighted by molar-refractivity contribution is 0.0707. The van der Waals surface area contributed by atoms with E-state index in [9.17, 15) is 5.11 Å². The largest absolute Gasteiger partial charge is 0.491 e. The lowest BCUT2D eigenvalue weighted by Crippen LogP contribution is -2.25. The fourth-order valence-electron chi connectivity index (χ4n) is 4.26. The zero-order valence-corrected chi connectivity index (χ0v) is 23.2. The van der Waals surface area contributed by atoms with Gasteiger partial charge in [0.05, 0.1) is 6.10 Å². The van der Waals surface area contributed by atoms with Crippen molar-refractivity contribution in [3.63, 3.8) is 0 Å². The molecular formula is C32H46O3. The van der Waals surface area contributed by atoms with Gasteiger partial charge in [0.2, 0.25) is 0 Å².